The molecule has 0 radical (unpaired) electrons. The molecule has 0 saturated carbocycles. The van der Waals surface area contributed by atoms with Crippen LogP contribution >= 0.6 is 0 Å². The number of ether oxygens (including phenoxy) is 1. The first-order valence-electron chi connectivity index (χ1n) is 9.49. The predicted octanol–water partition coefficient (Wildman–Crippen LogP) is 4.32. The maximum absolute atomic E-state index is 12.4. The lowest BCUT2D eigenvalue weighted by molar-refractivity contribution is -0.133. The number of nitrogens with zero attached hydrogens (tertiary/aromatic N) is 1. The molecule has 1 aromatic carbocycles. The number of Topliss-reactive ketones (excluding diaryl/α,β-unsaturated/α-hetero) is 1. The quantitative estimate of drug-likeness (QED) is 0.754. The molecule has 2 aliphatic rings. The molecule has 3 nitrogen and oxygen atoms in total. The van der Waals surface area contributed by atoms with Crippen LogP contribution in [0.5, 0.6) is 0 Å². The minimum atomic E-state index is 0.0428. The maximum atomic E-state index is 12.4. The first-order chi connectivity index (χ1) is 11.5. The number of ketones is 1. The van der Waals surface area contributed by atoms with Crippen molar-refractivity contribution in [1.29, 1.82) is 0 Å². The Labute approximate surface area is 146 Å². The summed E-state index contributed by atoms with van der Waals surface area (Å²) in [4.78, 5) is 14.9. The Morgan fingerprint density at radius 2 is 2.04 bits per heavy atom. The van der Waals surface area contributed by atoms with E-state index < -0.39 is 0 Å². The Bertz CT molecular complexity index is 554. The zero-order valence-corrected chi connectivity index (χ0v) is 15.2. The molecule has 132 valence electrons. The largest absolute Gasteiger partial charge is 0.375 e. The second-order valence-electron chi connectivity index (χ2n) is 8.00. The fourth-order valence-electron chi connectivity index (χ4n) is 4.55. The van der Waals surface area contributed by atoms with Crippen LogP contribution in [0.2, 0.25) is 0 Å². The Hall–Kier alpha value is -1.19. The van der Waals surface area contributed by atoms with Crippen molar-refractivity contribution >= 4 is 5.78 Å². The van der Waals surface area contributed by atoms with Gasteiger partial charge in [-0.15, -0.1) is 0 Å². The number of piperidine rings is 1. The van der Waals surface area contributed by atoms with Gasteiger partial charge in [-0.1, -0.05) is 37.3 Å². The van der Waals surface area contributed by atoms with E-state index in [0.29, 0.717) is 11.8 Å². The fourth-order valence-corrected chi connectivity index (χ4v) is 4.55. The SMILES string of the molecule is CC[C@@]1(C)C[C@]2(CCCN(CCC(=O)c3ccccc3)C2)CCO1. The summed E-state index contributed by atoms with van der Waals surface area (Å²) in [6, 6.07) is 9.69. The van der Waals surface area contributed by atoms with Crippen LogP contribution in [0.25, 0.3) is 0 Å². The van der Waals surface area contributed by atoms with Gasteiger partial charge in [0.15, 0.2) is 5.78 Å². The highest BCUT2D eigenvalue weighted by molar-refractivity contribution is 5.96. The highest BCUT2D eigenvalue weighted by atomic mass is 16.5. The molecule has 0 aliphatic carbocycles. The zero-order valence-electron chi connectivity index (χ0n) is 15.2. The van der Waals surface area contributed by atoms with Crippen molar-refractivity contribution in [2.24, 2.45) is 5.41 Å². The molecule has 2 heterocycles. The molecule has 0 unspecified atom stereocenters. The molecule has 0 amide bonds. The van der Waals surface area contributed by atoms with Crippen LogP contribution in [0.1, 0.15) is 62.7 Å². The molecule has 2 fully saturated rings. The summed E-state index contributed by atoms with van der Waals surface area (Å²) in [6.45, 7) is 8.55. The number of likely N-dealkylation sites (tertiary alicyclic amines) is 1. The molecular formula is C21H31NO2. The first kappa shape index (κ1) is 17.6. The molecule has 2 atom stereocenters. The Kier molecular flexibility index (Phi) is 5.41. The van der Waals surface area contributed by atoms with Gasteiger partial charge in [0, 0.05) is 31.7 Å². The monoisotopic (exact) mass is 329 g/mol. The van der Waals surface area contributed by atoms with Gasteiger partial charge in [0.05, 0.1) is 5.60 Å². The van der Waals surface area contributed by atoms with Crippen molar-refractivity contribution in [3.63, 3.8) is 0 Å². The maximum Gasteiger partial charge on any atom is 0.164 e. The average Bonchev–Trinajstić information content (AvgIpc) is 2.60. The van der Waals surface area contributed by atoms with E-state index in [2.05, 4.69) is 18.7 Å². The van der Waals surface area contributed by atoms with Crippen molar-refractivity contribution in [3.05, 3.63) is 35.9 Å². The highest BCUT2D eigenvalue weighted by Crippen LogP contribution is 2.46. The Morgan fingerprint density at radius 3 is 2.79 bits per heavy atom. The molecule has 2 aliphatic heterocycles. The van der Waals surface area contributed by atoms with E-state index in [0.717, 1.165) is 38.2 Å². The van der Waals surface area contributed by atoms with E-state index in [1.807, 2.05) is 30.3 Å². The topological polar surface area (TPSA) is 29.5 Å². The molecular weight excluding hydrogens is 298 g/mol. The van der Waals surface area contributed by atoms with Crippen LogP contribution in [0, 0.1) is 5.41 Å². The fraction of sp³-hybridized carbons (Fsp3) is 0.667. The minimum absolute atomic E-state index is 0.0428. The van der Waals surface area contributed by atoms with Crippen LogP contribution in [0.4, 0.5) is 0 Å². The summed E-state index contributed by atoms with van der Waals surface area (Å²) in [5.41, 5.74) is 1.28. The van der Waals surface area contributed by atoms with Crippen molar-refractivity contribution < 1.29 is 9.53 Å². The van der Waals surface area contributed by atoms with Crippen LogP contribution < -0.4 is 0 Å². The number of carbonyl (C=O) groups is 1. The molecule has 0 aromatic heterocycles. The van der Waals surface area contributed by atoms with E-state index >= 15 is 0 Å². The molecule has 3 heteroatoms. The molecule has 1 aromatic rings. The summed E-state index contributed by atoms with van der Waals surface area (Å²) < 4.78 is 6.06. The molecule has 0 bridgehead atoms. The third-order valence-electron chi connectivity index (χ3n) is 6.07. The number of hydrogen-bond donors (Lipinski definition) is 0. The van der Waals surface area contributed by atoms with Crippen molar-refractivity contribution in [1.82, 2.24) is 4.90 Å². The van der Waals surface area contributed by atoms with Gasteiger partial charge in [-0.05, 0) is 51.0 Å². The molecule has 2 saturated heterocycles. The highest BCUT2D eigenvalue weighted by Gasteiger charge is 2.44. The summed E-state index contributed by atoms with van der Waals surface area (Å²) in [5, 5.41) is 0. The van der Waals surface area contributed by atoms with E-state index in [4.69, 9.17) is 4.74 Å². The number of hydrogen-bond acceptors (Lipinski definition) is 3. The van der Waals surface area contributed by atoms with Gasteiger partial charge in [0.25, 0.3) is 0 Å². The van der Waals surface area contributed by atoms with Crippen LogP contribution in [0.15, 0.2) is 30.3 Å². The summed E-state index contributed by atoms with van der Waals surface area (Å²) in [7, 11) is 0. The second kappa shape index (κ2) is 7.37. The number of benzene rings is 1. The van der Waals surface area contributed by atoms with E-state index in [1.165, 1.54) is 25.7 Å². The van der Waals surface area contributed by atoms with Crippen molar-refractivity contribution in [2.45, 2.75) is 58.0 Å². The molecule has 3 rings (SSSR count). The molecule has 1 spiro atoms. The van der Waals surface area contributed by atoms with Gasteiger partial charge in [0.1, 0.15) is 0 Å². The van der Waals surface area contributed by atoms with Crippen LogP contribution in [-0.2, 0) is 4.74 Å². The summed E-state index contributed by atoms with van der Waals surface area (Å²) >= 11 is 0. The Balaban J connectivity index is 1.57. The molecule has 24 heavy (non-hydrogen) atoms. The van der Waals surface area contributed by atoms with Crippen LogP contribution in [-0.4, -0.2) is 42.5 Å². The van der Waals surface area contributed by atoms with Gasteiger partial charge in [-0.2, -0.15) is 0 Å². The minimum Gasteiger partial charge on any atom is -0.375 e. The lowest BCUT2D eigenvalue weighted by atomic mass is 9.68. The third kappa shape index (κ3) is 4.07. The lowest BCUT2D eigenvalue weighted by Crippen LogP contribution is -2.51. The van der Waals surface area contributed by atoms with Gasteiger partial charge in [-0.25, -0.2) is 0 Å². The average molecular weight is 329 g/mol. The Morgan fingerprint density at radius 1 is 1.25 bits per heavy atom. The van der Waals surface area contributed by atoms with Gasteiger partial charge < -0.3 is 9.64 Å². The lowest BCUT2D eigenvalue weighted by Gasteiger charge is -2.50. The summed E-state index contributed by atoms with van der Waals surface area (Å²) in [5.74, 6) is 0.264. The smallest absolute Gasteiger partial charge is 0.164 e. The summed E-state index contributed by atoms with van der Waals surface area (Å²) in [6.07, 6.45) is 6.61. The van der Waals surface area contributed by atoms with Crippen molar-refractivity contribution in [2.75, 3.05) is 26.2 Å². The standard InChI is InChI=1S/C21H31NO2/c1-3-20(2)16-21(12-15-24-20)11-7-13-22(17-21)14-10-19(23)18-8-5-4-6-9-18/h4-6,8-9H,3,7,10-17H2,1-2H3/t20-,21-/m0/s1. The van der Waals surface area contributed by atoms with Gasteiger partial charge >= 0.3 is 0 Å². The zero-order chi connectivity index (χ0) is 17.0. The number of rotatable bonds is 5. The number of carbonyl (C=O) groups excluding carboxylic acids is 1. The molecule has 0 N–H and O–H groups in total. The van der Waals surface area contributed by atoms with Gasteiger partial charge in [0.2, 0.25) is 0 Å². The predicted molar refractivity (Wildman–Crippen MR) is 97.4 cm³/mol. The van der Waals surface area contributed by atoms with E-state index in [9.17, 15) is 4.79 Å². The van der Waals surface area contributed by atoms with Gasteiger partial charge in [-0.3, -0.25) is 4.79 Å². The first-order valence-corrected chi connectivity index (χ1v) is 9.49. The van der Waals surface area contributed by atoms with E-state index in [-0.39, 0.29) is 11.4 Å². The second-order valence-corrected chi connectivity index (χ2v) is 8.00. The normalized spacial score (nSPS) is 31.2. The van der Waals surface area contributed by atoms with E-state index in [1.54, 1.807) is 0 Å². The van der Waals surface area contributed by atoms with Crippen molar-refractivity contribution in [3.8, 4) is 0 Å². The van der Waals surface area contributed by atoms with Crippen LogP contribution in [0.3, 0.4) is 0 Å². The third-order valence-corrected chi connectivity index (χ3v) is 6.07.